The maximum atomic E-state index is 11.9. The number of carbonyl (C=O) groups excluding carboxylic acids is 2. The molecule has 1 aliphatic heterocycles. The Balaban J connectivity index is 1.96. The molecule has 0 fully saturated rings. The van der Waals surface area contributed by atoms with Gasteiger partial charge in [-0.3, -0.25) is 10.1 Å². The predicted octanol–water partition coefficient (Wildman–Crippen LogP) is 1.76. The third-order valence-corrected chi connectivity index (χ3v) is 3.44. The first-order chi connectivity index (χ1) is 10.1. The highest BCUT2D eigenvalue weighted by Crippen LogP contribution is 2.27. The zero-order chi connectivity index (χ0) is 15.2. The quantitative estimate of drug-likeness (QED) is 0.830. The molecule has 2 N–H and O–H groups in total. The van der Waals surface area contributed by atoms with Crippen molar-refractivity contribution in [1.82, 2.24) is 10.6 Å². The van der Waals surface area contributed by atoms with Crippen LogP contribution in [0.4, 0.5) is 10.5 Å². The Morgan fingerprint density at radius 1 is 1.43 bits per heavy atom. The Bertz CT molecular complexity index is 554. The molecule has 0 saturated carbocycles. The first-order valence-electron chi connectivity index (χ1n) is 7.13. The lowest BCUT2D eigenvalue weighted by atomic mass is 9.99. The van der Waals surface area contributed by atoms with Crippen LogP contribution in [-0.2, 0) is 11.2 Å². The molecule has 0 spiro atoms. The van der Waals surface area contributed by atoms with Crippen LogP contribution >= 0.6 is 0 Å². The molecule has 0 radical (unpaired) electrons. The van der Waals surface area contributed by atoms with Crippen LogP contribution in [-0.4, -0.2) is 31.6 Å². The van der Waals surface area contributed by atoms with Gasteiger partial charge in [0.05, 0.1) is 6.54 Å². The van der Waals surface area contributed by atoms with Gasteiger partial charge in [-0.1, -0.05) is 23.8 Å². The number of benzene rings is 1. The number of anilines is 1. The van der Waals surface area contributed by atoms with Gasteiger partial charge in [0.25, 0.3) is 0 Å². The highest BCUT2D eigenvalue weighted by Gasteiger charge is 2.19. The minimum absolute atomic E-state index is 0.192. The molecular formula is C16H21N3O2. The summed E-state index contributed by atoms with van der Waals surface area (Å²) in [6, 6.07) is 5.78. The smallest absolute Gasteiger partial charge is 0.321 e. The van der Waals surface area contributed by atoms with Crippen molar-refractivity contribution < 1.29 is 9.59 Å². The summed E-state index contributed by atoms with van der Waals surface area (Å²) in [7, 11) is 0. The number of hydrogen-bond acceptors (Lipinski definition) is 3. The van der Waals surface area contributed by atoms with Gasteiger partial charge in [-0.15, -0.1) is 6.58 Å². The van der Waals surface area contributed by atoms with Crippen molar-refractivity contribution in [1.29, 1.82) is 0 Å². The zero-order valence-electron chi connectivity index (χ0n) is 12.3. The van der Waals surface area contributed by atoms with Crippen molar-refractivity contribution in [3.05, 3.63) is 42.0 Å². The second-order valence-corrected chi connectivity index (χ2v) is 5.20. The molecule has 5 heteroatoms. The summed E-state index contributed by atoms with van der Waals surface area (Å²) >= 11 is 0. The molecule has 5 nitrogen and oxygen atoms in total. The molecule has 0 unspecified atom stereocenters. The number of carbonyl (C=O) groups is 2. The van der Waals surface area contributed by atoms with Gasteiger partial charge in [0, 0.05) is 18.8 Å². The van der Waals surface area contributed by atoms with Crippen LogP contribution in [0, 0.1) is 6.92 Å². The van der Waals surface area contributed by atoms with E-state index in [-0.39, 0.29) is 12.5 Å². The summed E-state index contributed by atoms with van der Waals surface area (Å²) in [6.07, 6.45) is 3.62. The Morgan fingerprint density at radius 2 is 2.24 bits per heavy atom. The number of nitrogens with one attached hydrogen (secondary N) is 2. The minimum Gasteiger partial charge on any atom is -0.362 e. The normalized spacial score (nSPS) is 13.3. The molecule has 0 bridgehead atoms. The number of rotatable bonds is 4. The first kappa shape index (κ1) is 15.1. The fourth-order valence-electron chi connectivity index (χ4n) is 2.52. The van der Waals surface area contributed by atoms with Crippen LogP contribution in [0.5, 0.6) is 0 Å². The Morgan fingerprint density at radius 3 is 3.00 bits per heavy atom. The lowest BCUT2D eigenvalue weighted by molar-refractivity contribution is -0.118. The van der Waals surface area contributed by atoms with Gasteiger partial charge in [0.1, 0.15) is 0 Å². The monoisotopic (exact) mass is 287 g/mol. The van der Waals surface area contributed by atoms with E-state index in [4.69, 9.17) is 0 Å². The van der Waals surface area contributed by atoms with Crippen LogP contribution in [0.3, 0.4) is 0 Å². The number of urea groups is 1. The molecule has 2 rings (SSSR count). The van der Waals surface area contributed by atoms with Gasteiger partial charge in [0.15, 0.2) is 0 Å². The Hall–Kier alpha value is -2.30. The third kappa shape index (κ3) is 4.08. The third-order valence-electron chi connectivity index (χ3n) is 3.44. The molecule has 0 aliphatic carbocycles. The average molecular weight is 287 g/mol. The SMILES string of the molecule is C=CCNC(=O)NC(=O)CN1CCCc2cc(C)ccc21. The molecular weight excluding hydrogens is 266 g/mol. The number of imide groups is 1. The number of amides is 3. The molecule has 1 heterocycles. The number of aryl methyl sites for hydroxylation is 2. The van der Waals surface area contributed by atoms with E-state index in [1.807, 2.05) is 11.0 Å². The lowest BCUT2D eigenvalue weighted by Gasteiger charge is -2.30. The second-order valence-electron chi connectivity index (χ2n) is 5.20. The summed E-state index contributed by atoms with van der Waals surface area (Å²) in [4.78, 5) is 25.4. The highest BCUT2D eigenvalue weighted by atomic mass is 16.2. The summed E-state index contributed by atoms with van der Waals surface area (Å²) < 4.78 is 0. The first-order valence-corrected chi connectivity index (χ1v) is 7.13. The minimum atomic E-state index is -0.485. The Kier molecular flexibility index (Phi) is 4.98. The van der Waals surface area contributed by atoms with Gasteiger partial charge in [0.2, 0.25) is 5.91 Å². The average Bonchev–Trinajstić information content (AvgIpc) is 2.44. The van der Waals surface area contributed by atoms with Crippen LogP contribution in [0.15, 0.2) is 30.9 Å². The van der Waals surface area contributed by atoms with E-state index in [1.165, 1.54) is 11.1 Å². The van der Waals surface area contributed by atoms with Gasteiger partial charge < -0.3 is 10.2 Å². The highest BCUT2D eigenvalue weighted by molar-refractivity contribution is 5.96. The van der Waals surface area contributed by atoms with E-state index in [9.17, 15) is 9.59 Å². The fraction of sp³-hybridized carbons (Fsp3) is 0.375. The topological polar surface area (TPSA) is 61.4 Å². The molecule has 3 amide bonds. The Labute approximate surface area is 125 Å². The molecule has 1 aromatic carbocycles. The maximum absolute atomic E-state index is 11.9. The van der Waals surface area contributed by atoms with E-state index in [1.54, 1.807) is 6.08 Å². The summed E-state index contributed by atoms with van der Waals surface area (Å²) in [6.45, 7) is 6.93. The lowest BCUT2D eigenvalue weighted by Crippen LogP contribution is -2.45. The van der Waals surface area contributed by atoms with Crippen LogP contribution in [0.25, 0.3) is 0 Å². The molecule has 0 atom stereocenters. The van der Waals surface area contributed by atoms with Gasteiger partial charge in [-0.2, -0.15) is 0 Å². The van der Waals surface area contributed by atoms with Crippen LogP contribution < -0.4 is 15.5 Å². The summed E-state index contributed by atoms with van der Waals surface area (Å²) in [5.41, 5.74) is 3.59. The van der Waals surface area contributed by atoms with Crippen molar-refractivity contribution in [2.24, 2.45) is 0 Å². The zero-order valence-corrected chi connectivity index (χ0v) is 12.3. The largest absolute Gasteiger partial charge is 0.362 e. The molecule has 1 aromatic rings. The van der Waals surface area contributed by atoms with Crippen molar-refractivity contribution >= 4 is 17.6 Å². The van der Waals surface area contributed by atoms with Crippen molar-refractivity contribution in [3.63, 3.8) is 0 Å². The molecule has 0 saturated heterocycles. The molecule has 0 aromatic heterocycles. The van der Waals surface area contributed by atoms with E-state index in [0.717, 1.165) is 25.1 Å². The van der Waals surface area contributed by atoms with Crippen LogP contribution in [0.2, 0.25) is 0 Å². The van der Waals surface area contributed by atoms with Gasteiger partial charge in [-0.05, 0) is 31.4 Å². The standard InChI is InChI=1S/C16H21N3O2/c1-3-8-17-16(21)18-15(20)11-19-9-4-5-13-10-12(2)6-7-14(13)19/h3,6-7,10H,1,4-5,8-9,11H2,2H3,(H2,17,18,20,21). The number of nitrogens with zero attached hydrogens (tertiary/aromatic N) is 1. The second kappa shape index (κ2) is 6.92. The number of fused-ring (bicyclic) bond motifs is 1. The van der Waals surface area contributed by atoms with Gasteiger partial charge >= 0.3 is 6.03 Å². The fourth-order valence-corrected chi connectivity index (χ4v) is 2.52. The van der Waals surface area contributed by atoms with E-state index < -0.39 is 6.03 Å². The van der Waals surface area contributed by atoms with Crippen molar-refractivity contribution in [2.45, 2.75) is 19.8 Å². The molecule has 112 valence electrons. The summed E-state index contributed by atoms with van der Waals surface area (Å²) in [5.74, 6) is -0.301. The van der Waals surface area contributed by atoms with Crippen LogP contribution in [0.1, 0.15) is 17.5 Å². The van der Waals surface area contributed by atoms with Crippen molar-refractivity contribution in [3.8, 4) is 0 Å². The van der Waals surface area contributed by atoms with Crippen molar-refractivity contribution in [2.75, 3.05) is 24.5 Å². The molecule has 21 heavy (non-hydrogen) atoms. The summed E-state index contributed by atoms with van der Waals surface area (Å²) in [5, 5.41) is 4.85. The van der Waals surface area contributed by atoms with E-state index in [0.29, 0.717) is 6.54 Å². The molecule has 1 aliphatic rings. The van der Waals surface area contributed by atoms with E-state index >= 15 is 0 Å². The maximum Gasteiger partial charge on any atom is 0.321 e. The van der Waals surface area contributed by atoms with E-state index in [2.05, 4.69) is 36.3 Å². The number of hydrogen-bond donors (Lipinski definition) is 2. The predicted molar refractivity (Wildman–Crippen MR) is 83.5 cm³/mol. The van der Waals surface area contributed by atoms with Gasteiger partial charge in [-0.25, -0.2) is 4.79 Å².